The van der Waals surface area contributed by atoms with Crippen molar-refractivity contribution in [2.45, 2.75) is 44.8 Å². The molecule has 120 valence electrons. The van der Waals surface area contributed by atoms with Gasteiger partial charge >= 0.3 is 11.9 Å². The SMILES string of the molecule is CCOC(=O)C(SC(=S)N1CCCCCC1)C(=O)OCC. The van der Waals surface area contributed by atoms with Crippen LogP contribution >= 0.6 is 24.0 Å². The summed E-state index contributed by atoms with van der Waals surface area (Å²) in [4.78, 5) is 25.9. The fourth-order valence-electron chi connectivity index (χ4n) is 2.06. The Kier molecular flexibility index (Phi) is 8.68. The molecule has 1 aliphatic heterocycles. The van der Waals surface area contributed by atoms with Crippen LogP contribution in [0.5, 0.6) is 0 Å². The van der Waals surface area contributed by atoms with Gasteiger partial charge in [-0.15, -0.1) is 0 Å². The number of hydrogen-bond donors (Lipinski definition) is 0. The topological polar surface area (TPSA) is 55.8 Å². The zero-order valence-corrected chi connectivity index (χ0v) is 14.3. The summed E-state index contributed by atoms with van der Waals surface area (Å²) in [5, 5.41) is -1.03. The minimum atomic E-state index is -1.03. The fourth-order valence-corrected chi connectivity index (χ4v) is 3.39. The Balaban J connectivity index is 2.67. The van der Waals surface area contributed by atoms with Gasteiger partial charge in [0.25, 0.3) is 0 Å². The number of carbonyl (C=O) groups excluding carboxylic acids is 2. The first-order chi connectivity index (χ1) is 10.1. The predicted octanol–water partition coefficient (Wildman–Crippen LogP) is 2.38. The summed E-state index contributed by atoms with van der Waals surface area (Å²) in [5.41, 5.74) is 0. The van der Waals surface area contributed by atoms with Gasteiger partial charge in [-0.2, -0.15) is 0 Å². The number of hydrogen-bond acceptors (Lipinski definition) is 6. The fraction of sp³-hybridized carbons (Fsp3) is 0.786. The molecule has 1 aliphatic rings. The summed E-state index contributed by atoms with van der Waals surface area (Å²) in [6.07, 6.45) is 4.57. The molecule has 0 aromatic rings. The van der Waals surface area contributed by atoms with E-state index in [9.17, 15) is 9.59 Å². The summed E-state index contributed by atoms with van der Waals surface area (Å²) in [6.45, 7) is 5.63. The average Bonchev–Trinajstić information content (AvgIpc) is 2.74. The van der Waals surface area contributed by atoms with Crippen LogP contribution in [0.3, 0.4) is 0 Å². The Morgan fingerprint density at radius 2 is 1.52 bits per heavy atom. The number of ether oxygens (including phenoxy) is 2. The minimum absolute atomic E-state index is 0.228. The third-order valence-electron chi connectivity index (χ3n) is 3.08. The maximum atomic E-state index is 11.9. The lowest BCUT2D eigenvalue weighted by Gasteiger charge is -2.24. The first-order valence-electron chi connectivity index (χ1n) is 7.39. The van der Waals surface area contributed by atoms with Crippen molar-refractivity contribution in [3.8, 4) is 0 Å². The molecule has 0 spiro atoms. The van der Waals surface area contributed by atoms with E-state index in [1.54, 1.807) is 13.8 Å². The molecule has 0 aromatic heterocycles. The first-order valence-corrected chi connectivity index (χ1v) is 8.67. The number of rotatable bonds is 5. The molecule has 5 nitrogen and oxygen atoms in total. The van der Waals surface area contributed by atoms with Crippen LogP contribution in [0.2, 0.25) is 0 Å². The van der Waals surface area contributed by atoms with Gasteiger partial charge in [-0.1, -0.05) is 36.8 Å². The average molecular weight is 333 g/mol. The molecule has 21 heavy (non-hydrogen) atoms. The Labute approximate surface area is 135 Å². The second kappa shape index (κ2) is 10.00. The lowest BCUT2D eigenvalue weighted by Crippen LogP contribution is -2.36. The van der Waals surface area contributed by atoms with Crippen LogP contribution in [0.1, 0.15) is 39.5 Å². The van der Waals surface area contributed by atoms with Crippen molar-refractivity contribution in [2.24, 2.45) is 0 Å². The van der Waals surface area contributed by atoms with Crippen molar-refractivity contribution < 1.29 is 19.1 Å². The maximum absolute atomic E-state index is 11.9. The monoisotopic (exact) mass is 333 g/mol. The summed E-state index contributed by atoms with van der Waals surface area (Å²) in [5.74, 6) is -1.17. The van der Waals surface area contributed by atoms with E-state index in [1.807, 2.05) is 0 Å². The predicted molar refractivity (Wildman–Crippen MR) is 87.3 cm³/mol. The Hall–Kier alpha value is -0.820. The molecule has 0 aliphatic carbocycles. The van der Waals surface area contributed by atoms with E-state index in [4.69, 9.17) is 21.7 Å². The van der Waals surface area contributed by atoms with E-state index < -0.39 is 17.2 Å². The van der Waals surface area contributed by atoms with Crippen LogP contribution in [0.25, 0.3) is 0 Å². The standard InChI is InChI=1S/C14H23NO4S2/c1-3-18-12(16)11(13(17)19-4-2)21-14(20)15-9-7-5-6-8-10-15/h11H,3-10H2,1-2H3. The number of likely N-dealkylation sites (tertiary alicyclic amines) is 1. The van der Waals surface area contributed by atoms with Gasteiger partial charge in [0, 0.05) is 13.1 Å². The molecule has 1 saturated heterocycles. The van der Waals surface area contributed by atoms with Gasteiger partial charge in [-0.25, -0.2) is 0 Å². The minimum Gasteiger partial charge on any atom is -0.465 e. The molecular formula is C14H23NO4S2. The van der Waals surface area contributed by atoms with Gasteiger partial charge in [0.2, 0.25) is 5.25 Å². The van der Waals surface area contributed by atoms with Crippen molar-refractivity contribution in [3.05, 3.63) is 0 Å². The molecule has 0 atom stereocenters. The summed E-state index contributed by atoms with van der Waals surface area (Å²) < 4.78 is 10.5. The maximum Gasteiger partial charge on any atom is 0.331 e. The van der Waals surface area contributed by atoms with Gasteiger partial charge in [0.05, 0.1) is 13.2 Å². The summed E-state index contributed by atoms with van der Waals surface area (Å²) >= 11 is 6.46. The lowest BCUT2D eigenvalue weighted by molar-refractivity contribution is -0.152. The van der Waals surface area contributed by atoms with Crippen LogP contribution in [0.4, 0.5) is 0 Å². The number of esters is 2. The molecule has 0 unspecified atom stereocenters. The highest BCUT2D eigenvalue weighted by molar-refractivity contribution is 8.24. The third kappa shape index (κ3) is 6.22. The number of carbonyl (C=O) groups is 2. The highest BCUT2D eigenvalue weighted by Gasteiger charge is 2.33. The number of thioether (sulfide) groups is 1. The zero-order chi connectivity index (χ0) is 15.7. The van der Waals surface area contributed by atoms with E-state index in [0.29, 0.717) is 4.32 Å². The van der Waals surface area contributed by atoms with Crippen LogP contribution in [0.15, 0.2) is 0 Å². The second-order valence-corrected chi connectivity index (χ2v) is 6.41. The van der Waals surface area contributed by atoms with Crippen molar-refractivity contribution in [1.82, 2.24) is 4.90 Å². The van der Waals surface area contributed by atoms with E-state index >= 15 is 0 Å². The van der Waals surface area contributed by atoms with Gasteiger partial charge in [0.1, 0.15) is 4.32 Å². The van der Waals surface area contributed by atoms with Crippen LogP contribution < -0.4 is 0 Å². The van der Waals surface area contributed by atoms with Crippen LogP contribution in [-0.2, 0) is 19.1 Å². The van der Waals surface area contributed by atoms with E-state index in [0.717, 1.165) is 37.7 Å². The van der Waals surface area contributed by atoms with Crippen LogP contribution in [0, 0.1) is 0 Å². The third-order valence-corrected chi connectivity index (χ3v) is 4.71. The Morgan fingerprint density at radius 3 is 1.95 bits per heavy atom. The molecule has 7 heteroatoms. The molecule has 1 fully saturated rings. The van der Waals surface area contributed by atoms with Gasteiger partial charge in [0.15, 0.2) is 0 Å². The highest BCUT2D eigenvalue weighted by atomic mass is 32.2. The Bertz CT molecular complexity index is 350. The van der Waals surface area contributed by atoms with Gasteiger partial charge in [-0.05, 0) is 26.7 Å². The normalized spacial score (nSPS) is 15.5. The number of nitrogens with zero attached hydrogens (tertiary/aromatic N) is 1. The largest absolute Gasteiger partial charge is 0.465 e. The lowest BCUT2D eigenvalue weighted by atomic mass is 10.2. The Morgan fingerprint density at radius 1 is 1.05 bits per heavy atom. The summed E-state index contributed by atoms with van der Waals surface area (Å²) in [7, 11) is 0. The van der Waals surface area contributed by atoms with E-state index in [1.165, 1.54) is 12.8 Å². The van der Waals surface area contributed by atoms with Crippen LogP contribution in [-0.4, -0.2) is 52.7 Å². The van der Waals surface area contributed by atoms with E-state index in [2.05, 4.69) is 4.90 Å². The van der Waals surface area contributed by atoms with Gasteiger partial charge in [-0.3, -0.25) is 9.59 Å². The molecule has 0 bridgehead atoms. The molecule has 0 amide bonds. The van der Waals surface area contributed by atoms with Crippen molar-refractivity contribution in [3.63, 3.8) is 0 Å². The molecule has 0 N–H and O–H groups in total. The summed E-state index contributed by atoms with van der Waals surface area (Å²) in [6, 6.07) is 0. The van der Waals surface area contributed by atoms with E-state index in [-0.39, 0.29) is 13.2 Å². The zero-order valence-electron chi connectivity index (χ0n) is 12.6. The quantitative estimate of drug-likeness (QED) is 0.435. The van der Waals surface area contributed by atoms with Crippen molar-refractivity contribution in [1.29, 1.82) is 0 Å². The molecule has 0 saturated carbocycles. The molecule has 0 radical (unpaired) electrons. The van der Waals surface area contributed by atoms with Crippen molar-refractivity contribution in [2.75, 3.05) is 26.3 Å². The molecule has 1 heterocycles. The first kappa shape index (κ1) is 18.2. The highest BCUT2D eigenvalue weighted by Crippen LogP contribution is 2.22. The molecular weight excluding hydrogens is 310 g/mol. The molecule has 0 aromatic carbocycles. The molecule has 1 rings (SSSR count). The van der Waals surface area contributed by atoms with Gasteiger partial charge < -0.3 is 14.4 Å². The smallest absolute Gasteiger partial charge is 0.331 e. The van der Waals surface area contributed by atoms with Crippen molar-refractivity contribution >= 4 is 40.2 Å². The second-order valence-electron chi connectivity index (χ2n) is 4.67. The number of thiocarbonyl (C=S) groups is 1.